The van der Waals surface area contributed by atoms with Gasteiger partial charge in [-0.3, -0.25) is 0 Å². The van der Waals surface area contributed by atoms with Gasteiger partial charge in [-0.25, -0.2) is 9.59 Å². The summed E-state index contributed by atoms with van der Waals surface area (Å²) in [6, 6.07) is 11.4. The number of allylic oxidation sites excluding steroid dienone is 1. The molecule has 0 spiro atoms. The largest absolute Gasteiger partial charge is 0.497 e. The second-order valence-corrected chi connectivity index (χ2v) is 9.09. The zero-order valence-electron chi connectivity index (χ0n) is 21.3. The minimum absolute atomic E-state index is 0.220. The number of amides is 2. The zero-order valence-corrected chi connectivity index (χ0v) is 22.1. The monoisotopic (exact) mass is 512 g/mol. The second kappa shape index (κ2) is 11.8. The molecule has 3 rings (SSSR count). The number of hydrogen-bond acceptors (Lipinski definition) is 6. The van der Waals surface area contributed by atoms with Gasteiger partial charge in [0.1, 0.15) is 11.5 Å². The molecule has 2 aromatic carbocycles. The number of hydrogen-bond donors (Lipinski definition) is 3. The molecule has 192 valence electrons. The fraction of sp³-hybridized carbons (Fsp3) is 0.346. The number of ether oxygens (including phenoxy) is 3. The summed E-state index contributed by atoms with van der Waals surface area (Å²) in [5, 5.41) is 9.29. The molecule has 0 aromatic heterocycles. The number of carbonyl (C=O) groups excluding carboxylic acids is 2. The van der Waals surface area contributed by atoms with Gasteiger partial charge < -0.3 is 35.1 Å². The Balaban J connectivity index is 1.76. The highest BCUT2D eigenvalue weighted by Gasteiger charge is 2.33. The Morgan fingerprint density at radius 3 is 2.39 bits per heavy atom. The number of anilines is 2. The van der Waals surface area contributed by atoms with Crippen LogP contribution < -0.4 is 25.4 Å². The van der Waals surface area contributed by atoms with Gasteiger partial charge in [0.05, 0.1) is 38.1 Å². The summed E-state index contributed by atoms with van der Waals surface area (Å²) in [5.74, 6) is 0.927. The standard InChI is InChI=1S/C26H32N4O5S/c1-15(2)14-35-24(31)22-16(3)30(4)26(36)29-23(22)17-7-9-18(10-8-17)27-25(32)28-20-12-11-19(33-5)13-21(20)34-6/h7-13,15,23H,14H2,1-6H3,(H,29,36)(H2,27,28,32). The first-order valence-electron chi connectivity index (χ1n) is 11.5. The Morgan fingerprint density at radius 2 is 1.78 bits per heavy atom. The van der Waals surface area contributed by atoms with E-state index in [1.165, 1.54) is 7.11 Å². The maximum absolute atomic E-state index is 13.0. The summed E-state index contributed by atoms with van der Waals surface area (Å²) in [4.78, 5) is 27.3. The van der Waals surface area contributed by atoms with Crippen molar-refractivity contribution < 1.29 is 23.8 Å². The van der Waals surface area contributed by atoms with Crippen molar-refractivity contribution in [2.45, 2.75) is 26.8 Å². The number of rotatable bonds is 8. The van der Waals surface area contributed by atoms with Gasteiger partial charge in [0, 0.05) is 24.5 Å². The van der Waals surface area contributed by atoms with Gasteiger partial charge >= 0.3 is 12.0 Å². The molecular formula is C26H32N4O5S. The highest BCUT2D eigenvalue weighted by atomic mass is 32.1. The maximum Gasteiger partial charge on any atom is 0.338 e. The average Bonchev–Trinajstić information content (AvgIpc) is 2.86. The Kier molecular flexibility index (Phi) is 8.76. The van der Waals surface area contributed by atoms with Crippen molar-refractivity contribution in [3.63, 3.8) is 0 Å². The molecule has 36 heavy (non-hydrogen) atoms. The van der Waals surface area contributed by atoms with E-state index >= 15 is 0 Å². The van der Waals surface area contributed by atoms with Gasteiger partial charge in [0.15, 0.2) is 5.11 Å². The number of urea groups is 1. The molecule has 3 N–H and O–H groups in total. The molecule has 1 aliphatic heterocycles. The lowest BCUT2D eigenvalue weighted by molar-refractivity contribution is -0.140. The normalized spacial score (nSPS) is 15.4. The molecule has 0 radical (unpaired) electrons. The highest BCUT2D eigenvalue weighted by Crippen LogP contribution is 2.32. The van der Waals surface area contributed by atoms with Crippen LogP contribution >= 0.6 is 12.2 Å². The van der Waals surface area contributed by atoms with Crippen molar-refractivity contribution in [3.05, 3.63) is 59.3 Å². The molecule has 9 nitrogen and oxygen atoms in total. The number of benzene rings is 2. The molecular weight excluding hydrogens is 480 g/mol. The van der Waals surface area contributed by atoms with Crippen LogP contribution in [0, 0.1) is 5.92 Å². The van der Waals surface area contributed by atoms with Crippen molar-refractivity contribution in [2.24, 2.45) is 5.92 Å². The molecule has 1 atom stereocenters. The Morgan fingerprint density at radius 1 is 1.08 bits per heavy atom. The van der Waals surface area contributed by atoms with Crippen molar-refractivity contribution in [2.75, 3.05) is 38.5 Å². The summed E-state index contributed by atoms with van der Waals surface area (Å²) in [7, 11) is 4.88. The van der Waals surface area contributed by atoms with Crippen LogP contribution in [0.2, 0.25) is 0 Å². The zero-order chi connectivity index (χ0) is 26.4. The number of esters is 1. The molecule has 1 aliphatic rings. The third kappa shape index (κ3) is 6.25. The quantitative estimate of drug-likeness (QED) is 0.346. The summed E-state index contributed by atoms with van der Waals surface area (Å²) in [6.45, 7) is 6.14. The Bertz CT molecular complexity index is 1160. The number of carbonyl (C=O) groups is 2. The number of methoxy groups -OCH3 is 2. The van der Waals surface area contributed by atoms with Gasteiger partial charge in [-0.1, -0.05) is 26.0 Å². The summed E-state index contributed by atoms with van der Waals surface area (Å²) in [5.41, 5.74) is 3.11. The van der Waals surface area contributed by atoms with Gasteiger partial charge in [-0.2, -0.15) is 0 Å². The predicted octanol–water partition coefficient (Wildman–Crippen LogP) is 4.68. The number of thiocarbonyl (C=S) groups is 1. The van der Waals surface area contributed by atoms with Crippen LogP contribution in [-0.4, -0.2) is 49.9 Å². The minimum atomic E-state index is -0.472. The molecule has 1 heterocycles. The van der Waals surface area contributed by atoms with Gasteiger partial charge in [-0.15, -0.1) is 0 Å². The molecule has 0 fully saturated rings. The van der Waals surface area contributed by atoms with E-state index in [1.807, 2.05) is 32.9 Å². The van der Waals surface area contributed by atoms with Crippen LogP contribution in [-0.2, 0) is 9.53 Å². The molecule has 0 saturated carbocycles. The molecule has 1 unspecified atom stereocenters. The molecule has 0 bridgehead atoms. The smallest absolute Gasteiger partial charge is 0.338 e. The van der Waals surface area contributed by atoms with Crippen LogP contribution in [0.1, 0.15) is 32.4 Å². The fourth-order valence-corrected chi connectivity index (χ4v) is 3.87. The predicted molar refractivity (Wildman–Crippen MR) is 143 cm³/mol. The van der Waals surface area contributed by atoms with E-state index in [0.29, 0.717) is 40.2 Å². The van der Waals surface area contributed by atoms with Crippen molar-refractivity contribution in [3.8, 4) is 11.5 Å². The first-order valence-corrected chi connectivity index (χ1v) is 11.9. The van der Waals surface area contributed by atoms with E-state index in [0.717, 1.165) is 11.3 Å². The van der Waals surface area contributed by atoms with E-state index in [1.54, 1.807) is 49.4 Å². The SMILES string of the molecule is COc1ccc(NC(=O)Nc2ccc(C3NC(=S)N(C)C(C)=C3C(=O)OCC(C)C)cc2)c(OC)c1. The van der Waals surface area contributed by atoms with Crippen LogP contribution in [0.4, 0.5) is 16.2 Å². The first kappa shape index (κ1) is 26.8. The highest BCUT2D eigenvalue weighted by molar-refractivity contribution is 7.80. The van der Waals surface area contributed by atoms with E-state index in [9.17, 15) is 9.59 Å². The number of nitrogens with one attached hydrogen (secondary N) is 3. The van der Waals surface area contributed by atoms with Crippen LogP contribution in [0.25, 0.3) is 0 Å². The van der Waals surface area contributed by atoms with Gasteiger partial charge in [0.25, 0.3) is 0 Å². The minimum Gasteiger partial charge on any atom is -0.497 e. The first-order chi connectivity index (χ1) is 17.1. The van der Waals surface area contributed by atoms with Crippen molar-refractivity contribution in [1.29, 1.82) is 0 Å². The fourth-order valence-electron chi connectivity index (χ4n) is 3.62. The van der Waals surface area contributed by atoms with Crippen molar-refractivity contribution in [1.82, 2.24) is 10.2 Å². The lowest BCUT2D eigenvalue weighted by Crippen LogP contribution is -2.46. The van der Waals surface area contributed by atoms with E-state index in [4.69, 9.17) is 26.4 Å². The lowest BCUT2D eigenvalue weighted by Gasteiger charge is -2.35. The van der Waals surface area contributed by atoms with Crippen LogP contribution in [0.15, 0.2) is 53.7 Å². The molecule has 0 aliphatic carbocycles. The summed E-state index contributed by atoms with van der Waals surface area (Å²) >= 11 is 5.45. The Hall–Kier alpha value is -3.79. The second-order valence-electron chi connectivity index (χ2n) is 8.70. The van der Waals surface area contributed by atoms with E-state index in [-0.39, 0.29) is 11.9 Å². The topological polar surface area (TPSA) is 101 Å². The molecule has 2 amide bonds. The lowest BCUT2D eigenvalue weighted by atomic mass is 9.95. The van der Waals surface area contributed by atoms with Crippen molar-refractivity contribution >= 4 is 40.7 Å². The maximum atomic E-state index is 13.0. The molecule has 0 saturated heterocycles. The Labute approximate surface area is 216 Å². The summed E-state index contributed by atoms with van der Waals surface area (Å²) in [6.07, 6.45) is 0. The third-order valence-electron chi connectivity index (χ3n) is 5.68. The van der Waals surface area contributed by atoms with Gasteiger partial charge in [-0.05, 0) is 54.9 Å². The average molecular weight is 513 g/mol. The number of nitrogens with zero attached hydrogens (tertiary/aromatic N) is 1. The van der Waals surface area contributed by atoms with E-state index in [2.05, 4.69) is 16.0 Å². The summed E-state index contributed by atoms with van der Waals surface area (Å²) < 4.78 is 16.0. The van der Waals surface area contributed by atoms with Gasteiger partial charge in [0.2, 0.25) is 0 Å². The van der Waals surface area contributed by atoms with Crippen LogP contribution in [0.5, 0.6) is 11.5 Å². The molecule has 2 aromatic rings. The molecule has 10 heteroatoms. The van der Waals surface area contributed by atoms with E-state index < -0.39 is 12.1 Å². The van der Waals surface area contributed by atoms with Crippen LogP contribution in [0.3, 0.4) is 0 Å². The third-order valence-corrected chi connectivity index (χ3v) is 6.07.